The van der Waals surface area contributed by atoms with Crippen LogP contribution in [-0.2, 0) is 48.7 Å². The Labute approximate surface area is 350 Å². The molecule has 0 saturated carbocycles. The number of aliphatic hydroxyl groups is 5. The number of hydrogen-bond donors (Lipinski definition) is 13. The number of anilines is 2. The molecule has 0 bridgehead atoms. The largest absolute Gasteiger partial charge is 0.481 e. The highest BCUT2D eigenvalue weighted by Gasteiger charge is 2.45. The number of nitrogens with one attached hydrogen (secondary N) is 3. The number of carbonyl (C=O) groups excluding carboxylic acids is 1. The molecule has 2 aromatic heterocycles. The van der Waals surface area contributed by atoms with Gasteiger partial charge in [-0.05, 0) is 44.4 Å². The number of fused-ring (bicyclic) bond motifs is 1. The van der Waals surface area contributed by atoms with E-state index >= 15 is 0 Å². The van der Waals surface area contributed by atoms with Crippen LogP contribution in [0.3, 0.4) is 0 Å². The minimum atomic E-state index is -5.33. The molecule has 1 aliphatic rings. The van der Waals surface area contributed by atoms with Crippen molar-refractivity contribution in [2.75, 3.05) is 24.3 Å². The molecule has 3 heterocycles. The summed E-state index contributed by atoms with van der Waals surface area (Å²) in [5.41, 5.74) is 7.38. The maximum atomic E-state index is 12.7. The molecule has 11 unspecified atom stereocenters. The first-order valence-corrected chi connectivity index (χ1v) is 20.2. The fraction of sp³-hybridized carbons (Fsp3) is 0.543. The predicted molar refractivity (Wildman–Crippen MR) is 208 cm³/mol. The number of hydrogen-bond acceptors (Lipinski definition) is 20. The topological polar surface area (TPSA) is 426 Å². The first kappa shape index (κ1) is 49.4. The van der Waals surface area contributed by atoms with Crippen LogP contribution in [-0.4, -0.2) is 158 Å². The normalized spacial score (nSPS) is 21.5. The van der Waals surface area contributed by atoms with Crippen molar-refractivity contribution in [3.8, 4) is 0 Å². The van der Waals surface area contributed by atoms with Gasteiger partial charge in [-0.25, -0.2) is 19.3 Å². The van der Waals surface area contributed by atoms with Gasteiger partial charge in [-0.1, -0.05) is 12.1 Å². The molecular formula is C35H48N7O19P. The average Bonchev–Trinajstić information content (AvgIpc) is 3.46. The van der Waals surface area contributed by atoms with Crippen LogP contribution in [0.5, 0.6) is 0 Å². The van der Waals surface area contributed by atoms with Gasteiger partial charge in [0.1, 0.15) is 42.7 Å². The van der Waals surface area contributed by atoms with Crippen molar-refractivity contribution in [2.45, 2.75) is 107 Å². The lowest BCUT2D eigenvalue weighted by Crippen LogP contribution is -2.46. The number of carbonyl (C=O) groups is 4. The van der Waals surface area contributed by atoms with E-state index in [-0.39, 0.29) is 23.5 Å². The second-order valence-corrected chi connectivity index (χ2v) is 15.6. The number of nitrogen functional groups attached to an aromatic ring is 1. The molecule has 14 N–H and O–H groups in total. The van der Waals surface area contributed by atoms with E-state index in [1.807, 2.05) is 5.32 Å². The number of aliphatic carboxylic acids is 3. The van der Waals surface area contributed by atoms with Crippen molar-refractivity contribution < 1.29 is 88.0 Å². The van der Waals surface area contributed by atoms with Crippen LogP contribution < -0.4 is 21.9 Å². The molecule has 1 fully saturated rings. The third-order valence-corrected chi connectivity index (χ3v) is 10.3. The molecule has 26 nitrogen and oxygen atoms in total. The van der Waals surface area contributed by atoms with Crippen LogP contribution in [0, 0.1) is 6.92 Å². The van der Waals surface area contributed by atoms with Crippen molar-refractivity contribution >= 4 is 54.4 Å². The van der Waals surface area contributed by atoms with E-state index in [1.165, 1.54) is 0 Å². The average molecular weight is 902 g/mol. The van der Waals surface area contributed by atoms with Gasteiger partial charge in [0.15, 0.2) is 17.5 Å². The number of aromatic amines is 1. The summed E-state index contributed by atoms with van der Waals surface area (Å²) in [5.74, 6) is -5.96. The monoisotopic (exact) mass is 901 g/mol. The van der Waals surface area contributed by atoms with Gasteiger partial charge in [0.2, 0.25) is 5.95 Å². The Balaban J connectivity index is 1.26. The lowest BCUT2D eigenvalue weighted by molar-refractivity contribution is -0.192. The molecule has 1 amide bonds. The number of aromatic nitrogens is 4. The Kier molecular flexibility index (Phi) is 17.3. The van der Waals surface area contributed by atoms with Crippen molar-refractivity contribution in [1.29, 1.82) is 0 Å². The van der Waals surface area contributed by atoms with E-state index in [0.717, 1.165) is 0 Å². The minimum Gasteiger partial charge on any atom is -0.481 e. The quantitative estimate of drug-likeness (QED) is 0.0419. The van der Waals surface area contributed by atoms with Crippen LogP contribution in [0.15, 0.2) is 29.1 Å². The van der Waals surface area contributed by atoms with Crippen molar-refractivity contribution in [1.82, 2.24) is 25.3 Å². The summed E-state index contributed by atoms with van der Waals surface area (Å²) in [7, 11) is -5.33. The number of nitrogens with two attached hydrogens (primary N) is 1. The first-order chi connectivity index (χ1) is 29.0. The number of carboxylic acid groups (broad SMARTS) is 3. The Morgan fingerprint density at radius 3 is 2.24 bits per heavy atom. The number of nitrogens with zero attached hydrogens (tertiary/aromatic N) is 3. The molecule has 62 heavy (non-hydrogen) atoms. The van der Waals surface area contributed by atoms with Gasteiger partial charge in [-0.3, -0.25) is 33.2 Å². The molecule has 1 aromatic carbocycles. The Morgan fingerprint density at radius 1 is 0.968 bits per heavy atom. The van der Waals surface area contributed by atoms with Crippen molar-refractivity contribution in [2.24, 2.45) is 0 Å². The van der Waals surface area contributed by atoms with Crippen molar-refractivity contribution in [3.63, 3.8) is 0 Å². The fourth-order valence-corrected chi connectivity index (χ4v) is 6.99. The number of carboxylic acids is 3. The molecular weight excluding hydrogens is 853 g/mol. The molecule has 342 valence electrons. The highest BCUT2D eigenvalue weighted by atomic mass is 31.2. The summed E-state index contributed by atoms with van der Waals surface area (Å²) in [5, 5.41) is 85.0. The number of phosphoric acid groups is 1. The summed E-state index contributed by atoms with van der Waals surface area (Å²) in [6, 6.07) is 4.48. The second kappa shape index (κ2) is 21.7. The number of phosphoric ester groups is 1. The third kappa shape index (κ3) is 13.9. The van der Waals surface area contributed by atoms with Crippen LogP contribution >= 0.6 is 7.82 Å². The number of aliphatic hydroxyl groups excluding tert-OH is 5. The second-order valence-electron chi connectivity index (χ2n) is 14.2. The van der Waals surface area contributed by atoms with Crippen LogP contribution in [0.4, 0.5) is 11.6 Å². The van der Waals surface area contributed by atoms with Crippen LogP contribution in [0.2, 0.25) is 0 Å². The maximum absolute atomic E-state index is 12.7. The lowest BCUT2D eigenvalue weighted by Gasteiger charge is -2.25. The van der Waals surface area contributed by atoms with E-state index in [0.29, 0.717) is 22.6 Å². The number of aryl methyl sites for hydroxylation is 1. The minimum absolute atomic E-state index is 0.0217. The van der Waals surface area contributed by atoms with E-state index in [2.05, 4.69) is 25.3 Å². The molecule has 0 spiro atoms. The van der Waals surface area contributed by atoms with E-state index in [9.17, 15) is 64.1 Å². The van der Waals surface area contributed by atoms with Crippen molar-refractivity contribution in [3.05, 3.63) is 51.6 Å². The zero-order valence-corrected chi connectivity index (χ0v) is 33.9. The molecule has 4 rings (SSSR count). The predicted octanol–water partition coefficient (Wildman–Crippen LogP) is -2.33. The number of benzene rings is 1. The van der Waals surface area contributed by atoms with Gasteiger partial charge in [-0.15, -0.1) is 0 Å². The highest BCUT2D eigenvalue weighted by Crippen LogP contribution is 2.46. The first-order valence-electron chi connectivity index (χ1n) is 18.7. The van der Waals surface area contributed by atoms with Gasteiger partial charge in [0, 0.05) is 24.9 Å². The van der Waals surface area contributed by atoms with Gasteiger partial charge in [0.05, 0.1) is 36.7 Å². The van der Waals surface area contributed by atoms with Gasteiger partial charge in [-0.2, -0.15) is 4.98 Å². The zero-order valence-electron chi connectivity index (χ0n) is 33.0. The van der Waals surface area contributed by atoms with E-state index in [4.69, 9.17) is 34.5 Å². The molecule has 3 aromatic rings. The molecule has 0 radical (unpaired) electrons. The summed E-state index contributed by atoms with van der Waals surface area (Å²) >= 11 is 0. The third-order valence-electron chi connectivity index (χ3n) is 9.34. The standard InChI is InChI=1S/C35H48N7O19P/c1-14(25-15(2)38-30-26(40-25)32(53)42-35(36)41-30)37-17-5-3-16(4-6-17)11-19(43)27(49)20(44)12-58-34-29(51)28(50)22(60-34)13-59-62(56,57)61-21(8-10-24(47)48)31(52)39-18(33(54)55)7-9-23(45)46/h3-6,14,18-22,27-29,34,37,43-44,49-51H,7-13H2,1-2H3,(H,39,52)(H,45,46)(H,47,48)(H,54,55)(H,56,57)(H3,36,38,41,42,53). The number of amides is 1. The van der Waals surface area contributed by atoms with E-state index in [1.54, 1.807) is 38.1 Å². The van der Waals surface area contributed by atoms with Crippen LogP contribution in [0.25, 0.3) is 11.2 Å². The SMILES string of the molecule is Cc1nc2nc(N)[nH]c(=O)c2nc1C(C)Nc1ccc(CC(O)C(O)C(O)COC2OC(COP(=O)(O)OC(CCC(=O)O)C(=O)NC(CCC(=O)O)C(=O)O)C(O)C2O)cc1. The molecule has 0 aliphatic carbocycles. The molecule has 1 saturated heterocycles. The van der Waals surface area contributed by atoms with Crippen LogP contribution in [0.1, 0.15) is 55.6 Å². The van der Waals surface area contributed by atoms with Gasteiger partial charge in [0.25, 0.3) is 11.5 Å². The summed E-state index contributed by atoms with van der Waals surface area (Å²) in [6.45, 7) is 1.76. The summed E-state index contributed by atoms with van der Waals surface area (Å²) in [4.78, 5) is 83.9. The number of H-pyrrole nitrogens is 1. The zero-order chi connectivity index (χ0) is 46.1. The molecule has 27 heteroatoms. The Bertz CT molecular complexity index is 2160. The van der Waals surface area contributed by atoms with Gasteiger partial charge < -0.3 is 71.6 Å². The maximum Gasteiger partial charge on any atom is 0.473 e. The lowest BCUT2D eigenvalue weighted by atomic mass is 10.0. The fourth-order valence-electron chi connectivity index (χ4n) is 6.07. The Hall–Kier alpha value is -5.25. The number of ether oxygens (including phenoxy) is 2. The summed E-state index contributed by atoms with van der Waals surface area (Å²) in [6.07, 6.45) is -17.1. The molecule has 11 atom stereocenters. The summed E-state index contributed by atoms with van der Waals surface area (Å²) < 4.78 is 33.0. The molecule has 1 aliphatic heterocycles. The Morgan fingerprint density at radius 2 is 1.61 bits per heavy atom. The smallest absolute Gasteiger partial charge is 0.473 e. The number of rotatable bonds is 24. The highest BCUT2D eigenvalue weighted by molar-refractivity contribution is 7.47. The van der Waals surface area contributed by atoms with Gasteiger partial charge >= 0.3 is 25.7 Å². The van der Waals surface area contributed by atoms with E-state index < -0.39 is 137 Å².